The predicted molar refractivity (Wildman–Crippen MR) is 103 cm³/mol. The van der Waals surface area contributed by atoms with E-state index in [1.807, 2.05) is 0 Å². The first-order valence-corrected chi connectivity index (χ1v) is 10.3. The topological polar surface area (TPSA) is 113 Å². The van der Waals surface area contributed by atoms with Gasteiger partial charge >= 0.3 is 0 Å². The highest BCUT2D eigenvalue weighted by atomic mass is 32.2. The van der Waals surface area contributed by atoms with E-state index in [2.05, 4.69) is 10.0 Å². The van der Waals surface area contributed by atoms with Crippen LogP contribution in [-0.2, 0) is 14.8 Å². The summed E-state index contributed by atoms with van der Waals surface area (Å²) < 4.78 is 27.3. The van der Waals surface area contributed by atoms with Crippen molar-refractivity contribution in [3.8, 4) is 0 Å². The van der Waals surface area contributed by atoms with Crippen molar-refractivity contribution in [1.82, 2.24) is 4.90 Å². The third kappa shape index (κ3) is 3.03. The molecule has 0 spiro atoms. The number of hydrogen-bond acceptors (Lipinski definition) is 5. The van der Waals surface area contributed by atoms with Gasteiger partial charge in [0.2, 0.25) is 15.9 Å². The van der Waals surface area contributed by atoms with Crippen molar-refractivity contribution >= 4 is 39.1 Å². The summed E-state index contributed by atoms with van der Waals surface area (Å²) in [6.07, 6.45) is 0. The number of imide groups is 1. The molecule has 0 saturated carbocycles. The van der Waals surface area contributed by atoms with Gasteiger partial charge < -0.3 is 5.32 Å². The minimum absolute atomic E-state index is 0.138. The van der Waals surface area contributed by atoms with E-state index in [9.17, 15) is 22.8 Å². The summed E-state index contributed by atoms with van der Waals surface area (Å²) in [7, 11) is -3.81. The van der Waals surface area contributed by atoms with Gasteiger partial charge in [0.25, 0.3) is 11.8 Å². The predicted octanol–water partition coefficient (Wildman–Crippen LogP) is 1.78. The fourth-order valence-electron chi connectivity index (χ4n) is 3.36. The van der Waals surface area contributed by atoms with E-state index in [0.29, 0.717) is 16.9 Å². The molecule has 144 valence electrons. The second-order valence-electron chi connectivity index (χ2n) is 6.74. The Morgan fingerprint density at radius 3 is 2.32 bits per heavy atom. The normalized spacial score (nSPS) is 18.1. The fourth-order valence-corrected chi connectivity index (χ4v) is 4.38. The Morgan fingerprint density at radius 2 is 1.68 bits per heavy atom. The second kappa shape index (κ2) is 6.45. The molecular formula is C19H17N3O5S. The first-order valence-electron chi connectivity index (χ1n) is 8.67. The van der Waals surface area contributed by atoms with E-state index in [1.54, 1.807) is 49.4 Å². The first kappa shape index (κ1) is 18.2. The molecule has 0 fully saturated rings. The summed E-state index contributed by atoms with van der Waals surface area (Å²) in [5, 5.41) is 2.72. The zero-order valence-electron chi connectivity index (χ0n) is 14.9. The first-order chi connectivity index (χ1) is 13.3. The lowest BCUT2D eigenvalue weighted by atomic mass is 10.0. The number of sulfonamides is 1. The molecule has 28 heavy (non-hydrogen) atoms. The molecule has 2 aromatic rings. The number of carbonyl (C=O) groups is 3. The van der Waals surface area contributed by atoms with Gasteiger partial charge in [-0.2, -0.15) is 0 Å². The van der Waals surface area contributed by atoms with Gasteiger partial charge in [0.05, 0.1) is 22.8 Å². The lowest BCUT2D eigenvalue weighted by Gasteiger charge is -2.15. The average molecular weight is 399 g/mol. The number of benzene rings is 2. The average Bonchev–Trinajstić information content (AvgIpc) is 3.08. The monoisotopic (exact) mass is 399 g/mol. The van der Waals surface area contributed by atoms with Crippen molar-refractivity contribution in [3.05, 3.63) is 59.2 Å². The van der Waals surface area contributed by atoms with Gasteiger partial charge in [-0.3, -0.25) is 24.0 Å². The maximum atomic E-state index is 12.4. The molecule has 0 aromatic heterocycles. The third-order valence-corrected chi connectivity index (χ3v) is 6.17. The van der Waals surface area contributed by atoms with Crippen molar-refractivity contribution in [2.75, 3.05) is 22.3 Å². The zero-order valence-corrected chi connectivity index (χ0v) is 15.7. The molecule has 0 radical (unpaired) electrons. The van der Waals surface area contributed by atoms with Crippen molar-refractivity contribution < 1.29 is 22.8 Å². The minimum atomic E-state index is -3.81. The number of rotatable bonds is 5. The highest BCUT2D eigenvalue weighted by molar-refractivity contribution is 7.92. The van der Waals surface area contributed by atoms with Crippen molar-refractivity contribution in [3.63, 3.8) is 0 Å². The summed E-state index contributed by atoms with van der Waals surface area (Å²) in [6.45, 7) is 1.49. The van der Waals surface area contributed by atoms with Crippen LogP contribution in [0.25, 0.3) is 0 Å². The molecule has 0 bridgehead atoms. The summed E-state index contributed by atoms with van der Waals surface area (Å²) in [6, 6.07) is 11.2. The molecule has 8 nitrogen and oxygen atoms in total. The van der Waals surface area contributed by atoms with Crippen molar-refractivity contribution in [1.29, 1.82) is 0 Å². The molecule has 1 atom stereocenters. The number of fused-ring (bicyclic) bond motifs is 2. The number of anilines is 2. The maximum Gasteiger partial charge on any atom is 0.261 e. The van der Waals surface area contributed by atoms with Crippen LogP contribution < -0.4 is 10.0 Å². The Labute approximate surface area is 161 Å². The summed E-state index contributed by atoms with van der Waals surface area (Å²) >= 11 is 0. The molecule has 9 heteroatoms. The van der Waals surface area contributed by atoms with Gasteiger partial charge in [0.15, 0.2) is 0 Å². The second-order valence-corrected chi connectivity index (χ2v) is 8.58. The van der Waals surface area contributed by atoms with Crippen LogP contribution in [-0.4, -0.2) is 43.3 Å². The molecule has 3 amide bonds. The molecule has 4 rings (SSSR count). The largest absolute Gasteiger partial charge is 0.325 e. The number of nitrogens with zero attached hydrogens (tertiary/aromatic N) is 1. The van der Waals surface area contributed by atoms with E-state index in [0.717, 1.165) is 4.90 Å². The van der Waals surface area contributed by atoms with E-state index in [4.69, 9.17) is 0 Å². The molecular weight excluding hydrogens is 382 g/mol. The van der Waals surface area contributed by atoms with Crippen LogP contribution in [0, 0.1) is 0 Å². The molecule has 2 aromatic carbocycles. The highest BCUT2D eigenvalue weighted by Gasteiger charge is 2.35. The van der Waals surface area contributed by atoms with E-state index in [1.165, 1.54) is 0 Å². The summed E-state index contributed by atoms with van der Waals surface area (Å²) in [5.41, 5.74) is 2.26. The van der Waals surface area contributed by atoms with Gasteiger partial charge in [-0.25, -0.2) is 8.42 Å². The number of nitrogens with one attached hydrogen (secondary N) is 2. The van der Waals surface area contributed by atoms with Crippen LogP contribution in [0.2, 0.25) is 0 Å². The Bertz CT molecular complexity index is 1090. The molecule has 0 saturated heterocycles. The SMILES string of the molecule is CC1C(=O)Nc2ccc(NS(=O)(=O)CCN3C(=O)c4ccccc4C3=O)cc21. The van der Waals surface area contributed by atoms with Gasteiger partial charge in [0, 0.05) is 17.9 Å². The number of amides is 3. The molecule has 1 unspecified atom stereocenters. The number of hydrogen-bond donors (Lipinski definition) is 2. The van der Waals surface area contributed by atoms with Gasteiger partial charge in [-0.15, -0.1) is 0 Å². The maximum absolute atomic E-state index is 12.4. The minimum Gasteiger partial charge on any atom is -0.325 e. The van der Waals surface area contributed by atoms with Crippen LogP contribution in [0.3, 0.4) is 0 Å². The molecule has 2 heterocycles. The standard InChI is InChI=1S/C19H17N3O5S/c1-11-15-10-12(6-7-16(15)20-17(11)23)21-28(26,27)9-8-22-18(24)13-4-2-3-5-14(13)19(22)25/h2-7,10-11,21H,8-9H2,1H3,(H,20,23). The summed E-state index contributed by atoms with van der Waals surface area (Å²) in [4.78, 5) is 37.3. The van der Waals surface area contributed by atoms with E-state index < -0.39 is 27.6 Å². The van der Waals surface area contributed by atoms with Crippen molar-refractivity contribution in [2.24, 2.45) is 0 Å². The van der Waals surface area contributed by atoms with E-state index >= 15 is 0 Å². The zero-order chi connectivity index (χ0) is 20.1. The molecule has 0 aliphatic carbocycles. The van der Waals surface area contributed by atoms with Gasteiger partial charge in [-0.1, -0.05) is 12.1 Å². The Morgan fingerprint density at radius 1 is 1.04 bits per heavy atom. The lowest BCUT2D eigenvalue weighted by Crippen LogP contribution is -2.35. The van der Waals surface area contributed by atoms with Crippen LogP contribution >= 0.6 is 0 Å². The van der Waals surface area contributed by atoms with Crippen molar-refractivity contribution in [2.45, 2.75) is 12.8 Å². The quantitative estimate of drug-likeness (QED) is 0.744. The number of carbonyl (C=O) groups excluding carboxylic acids is 3. The smallest absolute Gasteiger partial charge is 0.261 e. The van der Waals surface area contributed by atoms with Crippen LogP contribution in [0.1, 0.15) is 39.1 Å². The Balaban J connectivity index is 1.46. The Kier molecular flexibility index (Phi) is 4.19. The summed E-state index contributed by atoms with van der Waals surface area (Å²) in [5.74, 6) is -1.92. The third-order valence-electron chi connectivity index (χ3n) is 4.90. The molecule has 2 aliphatic rings. The van der Waals surface area contributed by atoms with Crippen LogP contribution in [0.4, 0.5) is 11.4 Å². The molecule has 2 aliphatic heterocycles. The Hall–Kier alpha value is -3.20. The highest BCUT2D eigenvalue weighted by Crippen LogP contribution is 2.34. The molecule has 2 N–H and O–H groups in total. The van der Waals surface area contributed by atoms with Crippen LogP contribution in [0.15, 0.2) is 42.5 Å². The van der Waals surface area contributed by atoms with Crippen LogP contribution in [0.5, 0.6) is 0 Å². The van der Waals surface area contributed by atoms with Gasteiger partial charge in [-0.05, 0) is 42.8 Å². The van der Waals surface area contributed by atoms with E-state index in [-0.39, 0.29) is 29.5 Å². The fraction of sp³-hybridized carbons (Fsp3) is 0.211. The van der Waals surface area contributed by atoms with Gasteiger partial charge in [0.1, 0.15) is 0 Å². The lowest BCUT2D eigenvalue weighted by molar-refractivity contribution is -0.116.